The van der Waals surface area contributed by atoms with Gasteiger partial charge in [0.1, 0.15) is 18.2 Å². The molecule has 0 radical (unpaired) electrons. The maximum atomic E-state index is 14.5. The van der Waals surface area contributed by atoms with Gasteiger partial charge in [0.15, 0.2) is 0 Å². The number of amides is 3. The number of carbonyl (C=O) groups is 4. The standard InChI is InChI=1S/C36H50BrN3O7/c1-4-7-13-20-39(19-6-3)35(45)32-36-23-26(37)31(47-36)29(30(36)34(44)40(32)21-14-10-15-22-41)33(43)38-27(25-16-11-9-12-17-25)24-46-28(42)18-8-5-2/h5-6,9,11-12,16-17,26-27,29-32,41H,2-4,7-8,10,13-15,18-24H2,1H3,(H,38,43)/t26?,27-,29+,30-,31+,32+,36-/m1/s1. The molecule has 1 unspecified atom stereocenters. The lowest BCUT2D eigenvalue weighted by Gasteiger charge is -2.37. The van der Waals surface area contributed by atoms with Crippen LogP contribution in [0.1, 0.15) is 76.3 Å². The van der Waals surface area contributed by atoms with Crippen molar-refractivity contribution < 1.29 is 33.8 Å². The maximum Gasteiger partial charge on any atom is 0.306 e. The zero-order valence-electron chi connectivity index (χ0n) is 27.5. The summed E-state index contributed by atoms with van der Waals surface area (Å²) in [7, 11) is 0. The number of allylic oxidation sites excluding steroid dienone is 1. The van der Waals surface area contributed by atoms with Crippen molar-refractivity contribution in [2.75, 3.05) is 32.8 Å². The molecule has 2 N–H and O–H groups in total. The Morgan fingerprint density at radius 3 is 2.62 bits per heavy atom. The number of fused-ring (bicyclic) bond motifs is 1. The number of esters is 1. The summed E-state index contributed by atoms with van der Waals surface area (Å²) in [6.07, 6.45) is 8.54. The zero-order chi connectivity index (χ0) is 34.0. The summed E-state index contributed by atoms with van der Waals surface area (Å²) in [5, 5.41) is 12.4. The Morgan fingerprint density at radius 1 is 1.17 bits per heavy atom. The summed E-state index contributed by atoms with van der Waals surface area (Å²) in [4.78, 5) is 58.7. The van der Waals surface area contributed by atoms with E-state index in [9.17, 15) is 24.3 Å². The minimum absolute atomic E-state index is 0.0534. The minimum Gasteiger partial charge on any atom is -0.463 e. The van der Waals surface area contributed by atoms with E-state index in [1.54, 1.807) is 22.0 Å². The van der Waals surface area contributed by atoms with Crippen LogP contribution in [0.25, 0.3) is 0 Å². The Morgan fingerprint density at radius 2 is 1.94 bits per heavy atom. The quantitative estimate of drug-likeness (QED) is 0.0884. The molecule has 47 heavy (non-hydrogen) atoms. The molecule has 11 heteroatoms. The second-order valence-electron chi connectivity index (χ2n) is 12.7. The first-order chi connectivity index (χ1) is 22.7. The monoisotopic (exact) mass is 715 g/mol. The fraction of sp³-hybridized carbons (Fsp3) is 0.611. The van der Waals surface area contributed by atoms with Gasteiger partial charge >= 0.3 is 5.97 Å². The molecule has 7 atom stereocenters. The topological polar surface area (TPSA) is 125 Å². The van der Waals surface area contributed by atoms with E-state index in [1.165, 1.54) is 0 Å². The summed E-state index contributed by atoms with van der Waals surface area (Å²) in [6.45, 7) is 10.8. The van der Waals surface area contributed by atoms with Crippen molar-refractivity contribution in [2.24, 2.45) is 11.8 Å². The van der Waals surface area contributed by atoms with E-state index in [0.717, 1.165) is 24.8 Å². The third kappa shape index (κ3) is 8.17. The SMILES string of the molecule is C=CCCC(=O)OC[C@@H](NC(=O)[C@@H]1[C@H]2O[C@@]3(CC2Br)[C@H](C(=O)N(CC=C)CCCCC)N(CCCCCO)C(=O)[C@@H]13)c1ccccc1. The van der Waals surface area contributed by atoms with Gasteiger partial charge in [-0.3, -0.25) is 19.2 Å². The lowest BCUT2D eigenvalue weighted by molar-refractivity contribution is -0.148. The number of hydrogen-bond acceptors (Lipinski definition) is 7. The van der Waals surface area contributed by atoms with Crippen LogP contribution in [-0.4, -0.2) is 94.0 Å². The van der Waals surface area contributed by atoms with Crippen LogP contribution in [0, 0.1) is 11.8 Å². The minimum atomic E-state index is -1.17. The van der Waals surface area contributed by atoms with Crippen LogP contribution in [0.15, 0.2) is 55.6 Å². The number of rotatable bonds is 20. The van der Waals surface area contributed by atoms with Crippen LogP contribution in [0.2, 0.25) is 0 Å². The molecule has 258 valence electrons. The Kier molecular flexibility index (Phi) is 13.6. The largest absolute Gasteiger partial charge is 0.463 e. The van der Waals surface area contributed by atoms with Gasteiger partial charge in [-0.25, -0.2) is 0 Å². The van der Waals surface area contributed by atoms with Crippen LogP contribution in [0.3, 0.4) is 0 Å². The zero-order valence-corrected chi connectivity index (χ0v) is 29.1. The van der Waals surface area contributed by atoms with Crippen LogP contribution in [0.5, 0.6) is 0 Å². The number of unbranched alkanes of at least 4 members (excludes halogenated alkanes) is 4. The molecule has 3 heterocycles. The molecule has 4 rings (SSSR count). The highest BCUT2D eigenvalue weighted by molar-refractivity contribution is 9.09. The van der Waals surface area contributed by atoms with Crippen molar-refractivity contribution in [3.63, 3.8) is 0 Å². The summed E-state index contributed by atoms with van der Waals surface area (Å²) in [5.74, 6) is -2.91. The normalized spacial score (nSPS) is 26.5. The fourth-order valence-corrected chi connectivity index (χ4v) is 8.28. The number of aliphatic hydroxyl groups excluding tert-OH is 1. The number of hydrogen-bond donors (Lipinski definition) is 2. The lowest BCUT2D eigenvalue weighted by Crippen LogP contribution is -2.57. The highest BCUT2D eigenvalue weighted by Gasteiger charge is 2.76. The number of carbonyl (C=O) groups excluding carboxylic acids is 4. The Bertz CT molecular complexity index is 1260. The first kappa shape index (κ1) is 36.8. The first-order valence-corrected chi connectivity index (χ1v) is 17.9. The van der Waals surface area contributed by atoms with Gasteiger partial charge in [0.2, 0.25) is 17.7 Å². The van der Waals surface area contributed by atoms with Crippen molar-refractivity contribution in [3.05, 3.63) is 61.2 Å². The number of ether oxygens (including phenoxy) is 2. The number of alkyl halides is 1. The molecule has 3 fully saturated rings. The van der Waals surface area contributed by atoms with Gasteiger partial charge in [-0.05, 0) is 44.1 Å². The number of benzene rings is 1. The van der Waals surface area contributed by atoms with E-state index in [-0.39, 0.29) is 42.2 Å². The second-order valence-corrected chi connectivity index (χ2v) is 13.9. The van der Waals surface area contributed by atoms with E-state index in [0.29, 0.717) is 51.7 Å². The fourth-order valence-electron chi connectivity index (χ4n) is 7.34. The number of nitrogens with one attached hydrogen (secondary N) is 1. The molecular formula is C36H50BrN3O7. The molecule has 1 aromatic rings. The Labute approximate surface area is 287 Å². The summed E-state index contributed by atoms with van der Waals surface area (Å²) in [5.41, 5.74) is -0.412. The molecular weight excluding hydrogens is 666 g/mol. The molecule has 3 aliphatic heterocycles. The molecule has 1 spiro atoms. The van der Waals surface area contributed by atoms with Crippen LogP contribution < -0.4 is 5.32 Å². The van der Waals surface area contributed by atoms with Crippen molar-refractivity contribution in [3.8, 4) is 0 Å². The van der Waals surface area contributed by atoms with E-state index < -0.39 is 41.6 Å². The average molecular weight is 717 g/mol. The molecule has 3 aliphatic rings. The van der Waals surface area contributed by atoms with E-state index in [4.69, 9.17) is 9.47 Å². The van der Waals surface area contributed by atoms with E-state index in [2.05, 4.69) is 41.3 Å². The molecule has 3 amide bonds. The molecule has 10 nitrogen and oxygen atoms in total. The summed E-state index contributed by atoms with van der Waals surface area (Å²) >= 11 is 3.75. The number of nitrogens with zero attached hydrogens (tertiary/aromatic N) is 2. The summed E-state index contributed by atoms with van der Waals surface area (Å²) in [6, 6.07) is 7.73. The van der Waals surface area contributed by atoms with Gasteiger partial charge in [0, 0.05) is 37.5 Å². The average Bonchev–Trinajstić information content (AvgIpc) is 3.66. The van der Waals surface area contributed by atoms with Gasteiger partial charge < -0.3 is 29.7 Å². The van der Waals surface area contributed by atoms with Crippen LogP contribution >= 0.6 is 15.9 Å². The first-order valence-electron chi connectivity index (χ1n) is 17.0. The van der Waals surface area contributed by atoms with Gasteiger partial charge in [-0.15, -0.1) is 13.2 Å². The molecule has 2 bridgehead atoms. The number of likely N-dealkylation sites (tertiary alicyclic amines) is 1. The van der Waals surface area contributed by atoms with Crippen LogP contribution in [0.4, 0.5) is 0 Å². The van der Waals surface area contributed by atoms with Crippen molar-refractivity contribution in [2.45, 2.75) is 93.3 Å². The highest BCUT2D eigenvalue weighted by atomic mass is 79.9. The Balaban J connectivity index is 1.64. The molecule has 0 saturated carbocycles. The van der Waals surface area contributed by atoms with Crippen molar-refractivity contribution >= 4 is 39.6 Å². The number of halogens is 1. The van der Waals surface area contributed by atoms with Crippen molar-refractivity contribution in [1.29, 1.82) is 0 Å². The third-order valence-electron chi connectivity index (χ3n) is 9.56. The maximum absolute atomic E-state index is 14.5. The van der Waals surface area contributed by atoms with E-state index >= 15 is 0 Å². The molecule has 0 aromatic heterocycles. The molecule has 0 aliphatic carbocycles. The molecule has 1 aromatic carbocycles. The predicted octanol–water partition coefficient (Wildman–Crippen LogP) is 4.47. The molecule has 3 saturated heterocycles. The smallest absolute Gasteiger partial charge is 0.306 e. The van der Waals surface area contributed by atoms with Gasteiger partial charge in [0.05, 0.1) is 24.0 Å². The number of aliphatic hydroxyl groups is 1. The predicted molar refractivity (Wildman–Crippen MR) is 182 cm³/mol. The van der Waals surface area contributed by atoms with Gasteiger partial charge in [-0.1, -0.05) is 78.2 Å². The highest BCUT2D eigenvalue weighted by Crippen LogP contribution is 2.60. The summed E-state index contributed by atoms with van der Waals surface area (Å²) < 4.78 is 12.2. The Hall–Kier alpha value is -3.02. The second kappa shape index (κ2) is 17.4. The third-order valence-corrected chi connectivity index (χ3v) is 10.4. The van der Waals surface area contributed by atoms with Crippen molar-refractivity contribution in [1.82, 2.24) is 15.1 Å². The van der Waals surface area contributed by atoms with Crippen LogP contribution in [-0.2, 0) is 28.7 Å². The lowest BCUT2D eigenvalue weighted by atomic mass is 9.70. The van der Waals surface area contributed by atoms with Gasteiger partial charge in [0.25, 0.3) is 0 Å². The van der Waals surface area contributed by atoms with Gasteiger partial charge in [-0.2, -0.15) is 0 Å². The van der Waals surface area contributed by atoms with E-state index in [1.807, 2.05) is 30.3 Å².